The van der Waals surface area contributed by atoms with Gasteiger partial charge in [-0.15, -0.1) is 0 Å². The largest absolute Gasteiger partial charge is 0.443 e. The van der Waals surface area contributed by atoms with E-state index < -0.39 is 18.4 Å². The number of aromatic nitrogens is 5. The van der Waals surface area contributed by atoms with Crippen molar-refractivity contribution >= 4 is 23.2 Å². The molecule has 0 unspecified atom stereocenters. The van der Waals surface area contributed by atoms with Gasteiger partial charge < -0.3 is 15.4 Å². The van der Waals surface area contributed by atoms with Crippen LogP contribution in [0.15, 0.2) is 24.5 Å². The van der Waals surface area contributed by atoms with E-state index in [4.69, 9.17) is 4.74 Å². The molecule has 5 rings (SSSR count). The molecule has 3 atom stereocenters. The average Bonchev–Trinajstić information content (AvgIpc) is 3.39. The van der Waals surface area contributed by atoms with Gasteiger partial charge in [-0.3, -0.25) is 5.10 Å². The number of carbonyl (C=O) groups excluding carboxylic acids is 1. The maximum atomic E-state index is 14.5. The standard InChI is InChI=1S/C22H28FN7O2/c1-12(2)25-22(31)32-19-9-14(8-15(19)23)16-11-20(28-27-16)26-21-18-10-17(13-4-3-5-13)29-30(18)7-6-24-21/h6-7,10-15,19H,3-5,8-9H2,1-2H3,(H,25,31)(H2,24,26,27,28)/t14-,15+,19-/m0/s1. The van der Waals surface area contributed by atoms with E-state index >= 15 is 0 Å². The second-order valence-electron chi connectivity index (χ2n) is 9.06. The topological polar surface area (TPSA) is 109 Å². The van der Waals surface area contributed by atoms with E-state index in [0.717, 1.165) is 16.9 Å². The van der Waals surface area contributed by atoms with Gasteiger partial charge in [0.15, 0.2) is 11.6 Å². The van der Waals surface area contributed by atoms with Gasteiger partial charge in [0.1, 0.15) is 17.8 Å². The lowest BCUT2D eigenvalue weighted by Crippen LogP contribution is -2.35. The fourth-order valence-electron chi connectivity index (χ4n) is 4.40. The molecule has 9 nitrogen and oxygen atoms in total. The third-order valence-electron chi connectivity index (χ3n) is 6.31. The van der Waals surface area contributed by atoms with Crippen LogP contribution < -0.4 is 10.6 Å². The van der Waals surface area contributed by atoms with Crippen molar-refractivity contribution in [1.29, 1.82) is 0 Å². The second kappa shape index (κ2) is 8.40. The predicted molar refractivity (Wildman–Crippen MR) is 117 cm³/mol. The highest BCUT2D eigenvalue weighted by Crippen LogP contribution is 2.39. The normalized spacial score (nSPS) is 23.4. The van der Waals surface area contributed by atoms with Crippen LogP contribution in [0.2, 0.25) is 0 Å². The van der Waals surface area contributed by atoms with E-state index in [0.29, 0.717) is 24.0 Å². The van der Waals surface area contributed by atoms with Crippen molar-refractivity contribution in [3.8, 4) is 0 Å². The summed E-state index contributed by atoms with van der Waals surface area (Å²) < 4.78 is 21.6. The van der Waals surface area contributed by atoms with Crippen LogP contribution in [0.3, 0.4) is 0 Å². The van der Waals surface area contributed by atoms with Crippen LogP contribution in [0.4, 0.5) is 20.8 Å². The molecule has 0 saturated heterocycles. The molecule has 0 radical (unpaired) electrons. The molecule has 2 fully saturated rings. The summed E-state index contributed by atoms with van der Waals surface area (Å²) in [6, 6.07) is 3.89. The number of rotatable bonds is 6. The molecular formula is C22H28FN7O2. The number of nitrogens with one attached hydrogen (secondary N) is 3. The van der Waals surface area contributed by atoms with Crippen LogP contribution in [-0.2, 0) is 4.74 Å². The van der Waals surface area contributed by atoms with E-state index in [1.54, 1.807) is 6.20 Å². The summed E-state index contributed by atoms with van der Waals surface area (Å²) in [6.45, 7) is 3.66. The first-order valence-electron chi connectivity index (χ1n) is 11.2. The maximum absolute atomic E-state index is 14.5. The highest BCUT2D eigenvalue weighted by Gasteiger charge is 2.38. The molecule has 10 heteroatoms. The number of ether oxygens (including phenoxy) is 1. The molecular weight excluding hydrogens is 413 g/mol. The Balaban J connectivity index is 1.26. The Hall–Kier alpha value is -3.17. The van der Waals surface area contributed by atoms with Gasteiger partial charge >= 0.3 is 6.09 Å². The molecule has 32 heavy (non-hydrogen) atoms. The first-order chi connectivity index (χ1) is 15.5. The molecule has 3 aromatic rings. The van der Waals surface area contributed by atoms with Gasteiger partial charge in [-0.05, 0) is 45.6 Å². The highest BCUT2D eigenvalue weighted by molar-refractivity contribution is 5.72. The van der Waals surface area contributed by atoms with Crippen LogP contribution in [0.25, 0.3) is 5.52 Å². The van der Waals surface area contributed by atoms with Gasteiger partial charge in [-0.25, -0.2) is 18.7 Å². The third kappa shape index (κ3) is 4.13. The lowest BCUT2D eigenvalue weighted by Gasteiger charge is -2.22. The number of hydrogen-bond acceptors (Lipinski definition) is 6. The number of amides is 1. The minimum absolute atomic E-state index is 0.0577. The summed E-state index contributed by atoms with van der Waals surface area (Å²) in [5.74, 6) is 1.71. The molecule has 0 aliphatic heterocycles. The number of halogens is 1. The zero-order valence-electron chi connectivity index (χ0n) is 18.2. The Kier molecular flexibility index (Phi) is 5.44. The van der Waals surface area contributed by atoms with Crippen molar-refractivity contribution in [1.82, 2.24) is 30.1 Å². The van der Waals surface area contributed by atoms with Gasteiger partial charge in [-0.1, -0.05) is 6.42 Å². The number of carbonyl (C=O) groups is 1. The average molecular weight is 442 g/mol. The number of aromatic amines is 1. The van der Waals surface area contributed by atoms with E-state index in [9.17, 15) is 9.18 Å². The van der Waals surface area contributed by atoms with Crippen molar-refractivity contribution in [3.05, 3.63) is 35.9 Å². The minimum Gasteiger partial charge on any atom is -0.443 e. The van der Waals surface area contributed by atoms with Crippen LogP contribution in [0.1, 0.15) is 69.2 Å². The minimum atomic E-state index is -1.20. The van der Waals surface area contributed by atoms with Crippen molar-refractivity contribution in [3.63, 3.8) is 0 Å². The molecule has 2 aliphatic rings. The fourth-order valence-corrected chi connectivity index (χ4v) is 4.40. The van der Waals surface area contributed by atoms with Crippen LogP contribution in [0, 0.1) is 0 Å². The van der Waals surface area contributed by atoms with Crippen molar-refractivity contribution < 1.29 is 13.9 Å². The zero-order valence-corrected chi connectivity index (χ0v) is 18.2. The number of nitrogens with zero attached hydrogens (tertiary/aromatic N) is 4. The summed E-state index contributed by atoms with van der Waals surface area (Å²) in [7, 11) is 0. The molecule has 3 aromatic heterocycles. The number of H-pyrrole nitrogens is 1. The summed E-state index contributed by atoms with van der Waals surface area (Å²) in [5.41, 5.74) is 2.80. The Bertz CT molecular complexity index is 1110. The van der Waals surface area contributed by atoms with E-state index in [1.807, 2.05) is 30.6 Å². The number of alkyl halides is 1. The number of anilines is 2. The monoisotopic (exact) mass is 441 g/mol. The molecule has 1 amide bonds. The van der Waals surface area contributed by atoms with Crippen molar-refractivity contribution in [2.45, 2.75) is 76.1 Å². The fraction of sp³-hybridized carbons (Fsp3) is 0.545. The van der Waals surface area contributed by atoms with Crippen LogP contribution in [0.5, 0.6) is 0 Å². The summed E-state index contributed by atoms with van der Waals surface area (Å²) in [4.78, 5) is 16.3. The molecule has 170 valence electrons. The quantitative estimate of drug-likeness (QED) is 0.529. The summed E-state index contributed by atoms with van der Waals surface area (Å²) in [5, 5.41) is 17.9. The highest BCUT2D eigenvalue weighted by atomic mass is 19.1. The van der Waals surface area contributed by atoms with Gasteiger partial charge in [0.25, 0.3) is 0 Å². The Morgan fingerprint density at radius 1 is 1.28 bits per heavy atom. The molecule has 0 spiro atoms. The Labute approximate surface area is 185 Å². The number of hydrogen-bond donors (Lipinski definition) is 3. The molecule has 2 saturated carbocycles. The zero-order chi connectivity index (χ0) is 22.2. The first-order valence-corrected chi connectivity index (χ1v) is 11.2. The van der Waals surface area contributed by atoms with Gasteiger partial charge in [0.05, 0.1) is 5.69 Å². The second-order valence-corrected chi connectivity index (χ2v) is 9.06. The maximum Gasteiger partial charge on any atom is 0.407 e. The van der Waals surface area contributed by atoms with E-state index in [1.165, 1.54) is 19.3 Å². The van der Waals surface area contributed by atoms with Crippen molar-refractivity contribution in [2.75, 3.05) is 5.32 Å². The lowest BCUT2D eigenvalue weighted by atomic mass is 9.83. The lowest BCUT2D eigenvalue weighted by molar-refractivity contribution is 0.0593. The van der Waals surface area contributed by atoms with Crippen LogP contribution in [-0.4, -0.2) is 49.2 Å². The molecule has 3 heterocycles. The summed E-state index contributed by atoms with van der Waals surface area (Å²) >= 11 is 0. The predicted octanol–water partition coefficient (Wildman–Crippen LogP) is 4.18. The summed E-state index contributed by atoms with van der Waals surface area (Å²) in [6.07, 6.45) is 5.32. The third-order valence-corrected chi connectivity index (χ3v) is 6.31. The number of alkyl carbamates (subject to hydrolysis) is 1. The number of fused-ring (bicyclic) bond motifs is 1. The smallest absolute Gasteiger partial charge is 0.407 e. The first kappa shape index (κ1) is 20.7. The van der Waals surface area contributed by atoms with E-state index in [-0.39, 0.29) is 18.4 Å². The van der Waals surface area contributed by atoms with Crippen LogP contribution >= 0.6 is 0 Å². The van der Waals surface area contributed by atoms with E-state index in [2.05, 4.69) is 37.0 Å². The molecule has 0 aromatic carbocycles. The molecule has 0 bridgehead atoms. The Morgan fingerprint density at radius 3 is 2.88 bits per heavy atom. The van der Waals surface area contributed by atoms with Gasteiger partial charge in [0, 0.05) is 42.0 Å². The molecule has 2 aliphatic carbocycles. The van der Waals surface area contributed by atoms with Gasteiger partial charge in [0.2, 0.25) is 0 Å². The van der Waals surface area contributed by atoms with Crippen molar-refractivity contribution in [2.24, 2.45) is 0 Å². The molecule has 3 N–H and O–H groups in total. The van der Waals surface area contributed by atoms with Gasteiger partial charge in [-0.2, -0.15) is 10.2 Å². The SMILES string of the molecule is CC(C)NC(=O)O[C@H]1C[C@@H](c2cc(Nc3nccn4nc(C5CCC5)cc34)n[nH]2)C[C@H]1F. The Morgan fingerprint density at radius 2 is 2.12 bits per heavy atom.